The fourth-order valence-electron chi connectivity index (χ4n) is 5.39. The van der Waals surface area contributed by atoms with Gasteiger partial charge < -0.3 is 26.0 Å². The van der Waals surface area contributed by atoms with Crippen molar-refractivity contribution in [3.63, 3.8) is 0 Å². The van der Waals surface area contributed by atoms with Gasteiger partial charge in [-0.2, -0.15) is 9.97 Å². The summed E-state index contributed by atoms with van der Waals surface area (Å²) in [5.74, 6) is 1.52. The van der Waals surface area contributed by atoms with Crippen molar-refractivity contribution in [2.75, 3.05) is 10.6 Å². The van der Waals surface area contributed by atoms with E-state index in [0.717, 1.165) is 68.3 Å². The van der Waals surface area contributed by atoms with Gasteiger partial charge in [0.1, 0.15) is 0 Å². The van der Waals surface area contributed by atoms with Crippen LogP contribution in [-0.2, 0) is 0 Å². The number of halogens is 2. The molecule has 3 saturated carbocycles. The first-order valence-electron chi connectivity index (χ1n) is 11.9. The molecular weight excluding hydrogens is 449 g/mol. The zero-order valence-electron chi connectivity index (χ0n) is 18.6. The third kappa shape index (κ3) is 5.58. The van der Waals surface area contributed by atoms with Crippen LogP contribution in [0.1, 0.15) is 83.1 Å². The Morgan fingerprint density at radius 3 is 2.16 bits per heavy atom. The van der Waals surface area contributed by atoms with Gasteiger partial charge in [0.25, 0.3) is 0 Å². The van der Waals surface area contributed by atoms with Gasteiger partial charge in [-0.1, -0.05) is 12.8 Å². The Morgan fingerprint density at radius 1 is 0.844 bits per heavy atom. The number of aliphatic hydroxyl groups excluding tert-OH is 1. The molecule has 0 bridgehead atoms. The first-order chi connectivity index (χ1) is 14.7. The van der Waals surface area contributed by atoms with E-state index in [2.05, 4.69) is 15.2 Å². The highest BCUT2D eigenvalue weighted by molar-refractivity contribution is 5.86. The molecule has 0 radical (unpaired) electrons. The second kappa shape index (κ2) is 11.2. The zero-order valence-corrected chi connectivity index (χ0v) is 20.2. The largest absolute Gasteiger partial charge is 0.393 e. The molecule has 2 aromatic heterocycles. The first kappa shape index (κ1) is 25.3. The predicted octanol–water partition coefficient (Wildman–Crippen LogP) is 4.18. The average Bonchev–Trinajstić information content (AvgIpc) is 3.41. The van der Waals surface area contributed by atoms with Gasteiger partial charge in [0.2, 0.25) is 5.95 Å². The van der Waals surface area contributed by atoms with Crippen LogP contribution in [0.3, 0.4) is 0 Å². The lowest BCUT2D eigenvalue weighted by atomic mass is 9.92. The molecule has 0 aromatic carbocycles. The number of rotatable bonds is 5. The molecule has 0 unspecified atom stereocenters. The van der Waals surface area contributed by atoms with E-state index in [1.807, 2.05) is 6.33 Å². The number of aromatic nitrogens is 4. The number of nitrogens with one attached hydrogen (secondary N) is 2. The molecule has 0 spiro atoms. The van der Waals surface area contributed by atoms with Gasteiger partial charge in [0, 0.05) is 24.2 Å². The van der Waals surface area contributed by atoms with Gasteiger partial charge in [0.05, 0.1) is 12.4 Å². The van der Waals surface area contributed by atoms with E-state index >= 15 is 0 Å². The molecule has 32 heavy (non-hydrogen) atoms. The molecular formula is C22H37Cl2N7O. The van der Waals surface area contributed by atoms with Crippen LogP contribution in [0, 0.1) is 0 Å². The minimum atomic E-state index is -0.162. The summed E-state index contributed by atoms with van der Waals surface area (Å²) in [6.07, 6.45) is 14.6. The number of aliphatic hydroxyl groups is 1. The summed E-state index contributed by atoms with van der Waals surface area (Å²) < 4.78 is 2.27. The van der Waals surface area contributed by atoms with Crippen molar-refractivity contribution in [2.24, 2.45) is 5.73 Å². The van der Waals surface area contributed by atoms with Gasteiger partial charge in [-0.15, -0.1) is 24.8 Å². The predicted molar refractivity (Wildman–Crippen MR) is 133 cm³/mol. The van der Waals surface area contributed by atoms with Crippen LogP contribution in [0.4, 0.5) is 11.8 Å². The Balaban J connectivity index is 0.00000144. The van der Waals surface area contributed by atoms with Crippen LogP contribution in [0.15, 0.2) is 6.33 Å². The number of imidazole rings is 1. The van der Waals surface area contributed by atoms with E-state index in [-0.39, 0.29) is 30.9 Å². The van der Waals surface area contributed by atoms with Crippen molar-refractivity contribution in [2.45, 2.75) is 107 Å². The number of nitrogens with zero attached hydrogens (tertiary/aromatic N) is 4. The molecule has 0 saturated heterocycles. The van der Waals surface area contributed by atoms with E-state index in [9.17, 15) is 5.11 Å². The normalized spacial score (nSPS) is 28.7. The third-order valence-electron chi connectivity index (χ3n) is 7.28. The van der Waals surface area contributed by atoms with Crippen molar-refractivity contribution in [1.29, 1.82) is 0 Å². The topological polar surface area (TPSA) is 114 Å². The van der Waals surface area contributed by atoms with Gasteiger partial charge in [-0.25, -0.2) is 4.98 Å². The van der Waals surface area contributed by atoms with Crippen molar-refractivity contribution in [3.8, 4) is 0 Å². The van der Waals surface area contributed by atoms with E-state index in [4.69, 9.17) is 20.7 Å². The number of anilines is 2. The third-order valence-corrected chi connectivity index (χ3v) is 7.28. The molecule has 8 nitrogen and oxygen atoms in total. The smallest absolute Gasteiger partial charge is 0.227 e. The average molecular weight is 486 g/mol. The molecule has 3 aliphatic rings. The highest BCUT2D eigenvalue weighted by Gasteiger charge is 2.26. The Morgan fingerprint density at radius 2 is 1.47 bits per heavy atom. The Bertz CT molecular complexity index is 857. The molecule has 5 rings (SSSR count). The number of hydrogen-bond acceptors (Lipinski definition) is 7. The van der Waals surface area contributed by atoms with Crippen LogP contribution < -0.4 is 16.4 Å². The standard InChI is InChI=1S/C22H35N7O.2ClH/c23-14-5-7-16(8-6-14)26-22-27-20(25-15-9-11-18(30)12-10-15)19-21(28-22)29(13-24-19)17-3-1-2-4-17;;/h13-18,30H,1-12,23H2,(H2,25,26,27,28);2*1H/t14-,15-,16-,18-;;. The Kier molecular flexibility index (Phi) is 8.83. The lowest BCUT2D eigenvalue weighted by molar-refractivity contribution is 0.126. The summed E-state index contributed by atoms with van der Waals surface area (Å²) in [5.41, 5.74) is 7.88. The second-order valence-corrected chi connectivity index (χ2v) is 9.56. The Labute approximate surface area is 202 Å². The Hall–Kier alpha value is -1.35. The first-order valence-corrected chi connectivity index (χ1v) is 11.9. The van der Waals surface area contributed by atoms with Crippen molar-refractivity contribution >= 4 is 47.7 Å². The lowest BCUT2D eigenvalue weighted by Crippen LogP contribution is -2.33. The maximum absolute atomic E-state index is 9.85. The number of hydrogen-bond donors (Lipinski definition) is 4. The highest BCUT2D eigenvalue weighted by atomic mass is 35.5. The van der Waals surface area contributed by atoms with Crippen LogP contribution in [0.2, 0.25) is 0 Å². The van der Waals surface area contributed by atoms with Crippen LogP contribution in [-0.4, -0.2) is 48.9 Å². The van der Waals surface area contributed by atoms with Crippen LogP contribution in [0.5, 0.6) is 0 Å². The lowest BCUT2D eigenvalue weighted by Gasteiger charge is -2.28. The summed E-state index contributed by atoms with van der Waals surface area (Å²) in [4.78, 5) is 14.5. The van der Waals surface area contributed by atoms with E-state index in [1.54, 1.807) is 0 Å². The van der Waals surface area contributed by atoms with Crippen molar-refractivity contribution < 1.29 is 5.11 Å². The van der Waals surface area contributed by atoms with Gasteiger partial charge in [-0.05, 0) is 64.2 Å². The molecule has 2 heterocycles. The number of nitrogens with two attached hydrogens (primary N) is 1. The minimum absolute atomic E-state index is 0. The number of fused-ring (bicyclic) bond motifs is 1. The van der Waals surface area contributed by atoms with E-state index in [0.29, 0.717) is 30.1 Å². The van der Waals surface area contributed by atoms with Gasteiger partial charge in [0.15, 0.2) is 17.0 Å². The van der Waals surface area contributed by atoms with Crippen molar-refractivity contribution in [3.05, 3.63) is 6.33 Å². The fourth-order valence-corrected chi connectivity index (χ4v) is 5.39. The minimum Gasteiger partial charge on any atom is -0.393 e. The van der Waals surface area contributed by atoms with Crippen molar-refractivity contribution in [1.82, 2.24) is 19.5 Å². The molecule has 0 atom stereocenters. The monoisotopic (exact) mass is 485 g/mol. The summed E-state index contributed by atoms with van der Waals surface area (Å²) in [5, 5.41) is 17.1. The summed E-state index contributed by atoms with van der Waals surface area (Å²) in [6, 6.07) is 1.52. The molecule has 3 aliphatic carbocycles. The summed E-state index contributed by atoms with van der Waals surface area (Å²) in [6.45, 7) is 0. The maximum atomic E-state index is 9.85. The molecule has 10 heteroatoms. The molecule has 2 aromatic rings. The van der Waals surface area contributed by atoms with E-state index < -0.39 is 0 Å². The SMILES string of the molecule is Cl.Cl.N[C@H]1CC[C@H](Nc2nc(N[C@H]3CC[C@H](O)CC3)c3ncn(C4CCCC4)c3n2)CC1. The van der Waals surface area contributed by atoms with Crippen LogP contribution in [0.25, 0.3) is 11.2 Å². The second-order valence-electron chi connectivity index (χ2n) is 9.56. The van der Waals surface area contributed by atoms with Gasteiger partial charge in [-0.3, -0.25) is 0 Å². The molecule has 5 N–H and O–H groups in total. The molecule has 180 valence electrons. The maximum Gasteiger partial charge on any atom is 0.227 e. The summed E-state index contributed by atoms with van der Waals surface area (Å²) >= 11 is 0. The molecule has 0 amide bonds. The highest BCUT2D eigenvalue weighted by Crippen LogP contribution is 2.34. The quantitative estimate of drug-likeness (QED) is 0.501. The molecule has 0 aliphatic heterocycles. The zero-order chi connectivity index (χ0) is 20.5. The summed E-state index contributed by atoms with van der Waals surface area (Å²) in [7, 11) is 0. The fraction of sp³-hybridized carbons (Fsp3) is 0.773. The van der Waals surface area contributed by atoms with Crippen LogP contribution >= 0.6 is 24.8 Å². The van der Waals surface area contributed by atoms with Gasteiger partial charge >= 0.3 is 0 Å². The van der Waals surface area contributed by atoms with E-state index in [1.165, 1.54) is 25.7 Å². The molecule has 3 fully saturated rings.